The minimum atomic E-state index is -3.76. The van der Waals surface area contributed by atoms with Gasteiger partial charge in [0.2, 0.25) is 0 Å². The van der Waals surface area contributed by atoms with Crippen LogP contribution >= 0.6 is 0 Å². The lowest BCUT2D eigenvalue weighted by Crippen LogP contribution is -2.28. The number of aliphatic carboxylic acids is 1. The van der Waals surface area contributed by atoms with Gasteiger partial charge in [-0.3, -0.25) is 4.79 Å². The predicted octanol–water partition coefficient (Wildman–Crippen LogP) is 1.83. The summed E-state index contributed by atoms with van der Waals surface area (Å²) in [4.78, 5) is 20.8. The van der Waals surface area contributed by atoms with Gasteiger partial charge in [0.15, 0.2) is 0 Å². The van der Waals surface area contributed by atoms with Crippen LogP contribution in [-0.2, 0) is 14.3 Å². The van der Waals surface area contributed by atoms with Crippen LogP contribution < -0.4 is 0 Å². The van der Waals surface area contributed by atoms with Crippen molar-refractivity contribution >= 4 is 11.9 Å². The largest absolute Gasteiger partial charge is 0.477 e. The van der Waals surface area contributed by atoms with Gasteiger partial charge in [0.25, 0.3) is 0 Å². The number of hydrogen-bond donors (Lipinski definition) is 1. The summed E-state index contributed by atoms with van der Waals surface area (Å²) in [6.07, 6.45) is -0.550. The van der Waals surface area contributed by atoms with Gasteiger partial charge in [-0.15, -0.1) is 0 Å². The molecular weight excluding hydrogens is 210 g/mol. The van der Waals surface area contributed by atoms with Gasteiger partial charge in [-0.25, -0.2) is 4.79 Å². The SMILES string of the molecule is CCCOC(=O)CCCC(F)(F)C(=O)O. The Kier molecular flexibility index (Phi) is 5.81. The zero-order valence-corrected chi connectivity index (χ0v) is 8.46. The number of carbonyl (C=O) groups excluding carboxylic acids is 1. The molecule has 6 heteroatoms. The van der Waals surface area contributed by atoms with Crippen molar-refractivity contribution in [1.29, 1.82) is 0 Å². The molecule has 0 fully saturated rings. The molecular formula is C9H14F2O4. The van der Waals surface area contributed by atoms with Crippen molar-refractivity contribution in [3.05, 3.63) is 0 Å². The molecule has 0 aromatic carbocycles. The topological polar surface area (TPSA) is 63.6 Å². The average molecular weight is 224 g/mol. The number of halogens is 2. The van der Waals surface area contributed by atoms with Crippen molar-refractivity contribution in [2.24, 2.45) is 0 Å². The average Bonchev–Trinajstić information content (AvgIpc) is 2.14. The van der Waals surface area contributed by atoms with E-state index in [0.717, 1.165) is 0 Å². The Bertz CT molecular complexity index is 228. The minimum Gasteiger partial charge on any atom is -0.477 e. The molecule has 0 aromatic rings. The molecule has 0 aliphatic heterocycles. The molecule has 0 aromatic heterocycles. The van der Waals surface area contributed by atoms with Gasteiger partial charge in [-0.05, 0) is 12.8 Å². The highest BCUT2D eigenvalue weighted by Gasteiger charge is 2.37. The van der Waals surface area contributed by atoms with Gasteiger partial charge >= 0.3 is 17.9 Å². The molecule has 0 rings (SSSR count). The molecule has 0 heterocycles. The van der Waals surface area contributed by atoms with E-state index in [0.29, 0.717) is 6.42 Å². The van der Waals surface area contributed by atoms with Crippen LogP contribution in [0.25, 0.3) is 0 Å². The lowest BCUT2D eigenvalue weighted by Gasteiger charge is -2.09. The molecule has 15 heavy (non-hydrogen) atoms. The molecule has 0 saturated carbocycles. The van der Waals surface area contributed by atoms with Crippen molar-refractivity contribution in [3.8, 4) is 0 Å². The van der Waals surface area contributed by atoms with Crippen LogP contribution in [0.15, 0.2) is 0 Å². The Labute approximate surface area is 86.2 Å². The Balaban J connectivity index is 3.70. The second-order valence-corrected chi connectivity index (χ2v) is 3.08. The zero-order chi connectivity index (χ0) is 11.9. The van der Waals surface area contributed by atoms with Gasteiger partial charge < -0.3 is 9.84 Å². The van der Waals surface area contributed by atoms with E-state index < -0.39 is 24.3 Å². The number of alkyl halides is 2. The van der Waals surface area contributed by atoms with Crippen LogP contribution in [0.1, 0.15) is 32.6 Å². The van der Waals surface area contributed by atoms with Crippen molar-refractivity contribution < 1.29 is 28.2 Å². The number of esters is 1. The number of hydrogen-bond acceptors (Lipinski definition) is 3. The summed E-state index contributed by atoms with van der Waals surface area (Å²) < 4.78 is 29.6. The Morgan fingerprint density at radius 2 is 2.00 bits per heavy atom. The summed E-state index contributed by atoms with van der Waals surface area (Å²) in [5.41, 5.74) is 0. The summed E-state index contributed by atoms with van der Waals surface area (Å²) in [5.74, 6) is -6.49. The fraction of sp³-hybridized carbons (Fsp3) is 0.778. The summed E-state index contributed by atoms with van der Waals surface area (Å²) >= 11 is 0. The molecule has 0 saturated heterocycles. The summed E-state index contributed by atoms with van der Waals surface area (Å²) in [7, 11) is 0. The van der Waals surface area contributed by atoms with Crippen LogP contribution in [0.3, 0.4) is 0 Å². The van der Waals surface area contributed by atoms with Gasteiger partial charge in [0.05, 0.1) is 6.61 Å². The quantitative estimate of drug-likeness (QED) is 0.670. The fourth-order valence-corrected chi connectivity index (χ4v) is 0.850. The molecule has 0 radical (unpaired) electrons. The van der Waals surface area contributed by atoms with Crippen molar-refractivity contribution in [1.82, 2.24) is 0 Å². The van der Waals surface area contributed by atoms with E-state index in [2.05, 4.69) is 4.74 Å². The van der Waals surface area contributed by atoms with E-state index in [-0.39, 0.29) is 19.4 Å². The maximum Gasteiger partial charge on any atom is 0.374 e. The van der Waals surface area contributed by atoms with Crippen LogP contribution in [0.2, 0.25) is 0 Å². The van der Waals surface area contributed by atoms with Crippen molar-refractivity contribution in [3.63, 3.8) is 0 Å². The van der Waals surface area contributed by atoms with E-state index in [9.17, 15) is 18.4 Å². The van der Waals surface area contributed by atoms with Crippen LogP contribution in [0, 0.1) is 0 Å². The lowest BCUT2D eigenvalue weighted by molar-refractivity contribution is -0.166. The maximum atomic E-state index is 12.5. The third-order valence-electron chi connectivity index (χ3n) is 1.65. The second-order valence-electron chi connectivity index (χ2n) is 3.08. The first-order valence-electron chi connectivity index (χ1n) is 4.67. The lowest BCUT2D eigenvalue weighted by atomic mass is 10.1. The molecule has 0 amide bonds. The minimum absolute atomic E-state index is 0.178. The van der Waals surface area contributed by atoms with Gasteiger partial charge in [0.1, 0.15) is 0 Å². The molecule has 0 aliphatic carbocycles. The molecule has 0 bridgehead atoms. The highest BCUT2D eigenvalue weighted by molar-refractivity contribution is 5.75. The summed E-state index contributed by atoms with van der Waals surface area (Å²) in [6.45, 7) is 2.07. The first-order chi connectivity index (χ1) is 6.90. The number of carboxylic acid groups (broad SMARTS) is 1. The zero-order valence-electron chi connectivity index (χ0n) is 8.46. The highest BCUT2D eigenvalue weighted by Crippen LogP contribution is 2.21. The standard InChI is InChI=1S/C9H14F2O4/c1-2-6-15-7(12)4-3-5-9(10,11)8(13)14/h2-6H2,1H3,(H,13,14). The summed E-state index contributed by atoms with van der Waals surface area (Å²) in [5, 5.41) is 8.08. The number of rotatable bonds is 7. The smallest absolute Gasteiger partial charge is 0.374 e. The highest BCUT2D eigenvalue weighted by atomic mass is 19.3. The first kappa shape index (κ1) is 13.8. The van der Waals surface area contributed by atoms with E-state index in [1.807, 2.05) is 6.92 Å². The van der Waals surface area contributed by atoms with E-state index in [1.54, 1.807) is 0 Å². The Hall–Kier alpha value is -1.20. The molecule has 0 aliphatic rings. The maximum absolute atomic E-state index is 12.5. The van der Waals surface area contributed by atoms with Crippen molar-refractivity contribution in [2.45, 2.75) is 38.5 Å². The van der Waals surface area contributed by atoms with Crippen LogP contribution in [0.5, 0.6) is 0 Å². The van der Waals surface area contributed by atoms with Crippen LogP contribution in [-0.4, -0.2) is 29.6 Å². The van der Waals surface area contributed by atoms with Crippen LogP contribution in [0.4, 0.5) is 8.78 Å². The normalized spacial score (nSPS) is 11.1. The molecule has 0 atom stereocenters. The van der Waals surface area contributed by atoms with E-state index in [1.165, 1.54) is 0 Å². The molecule has 1 N–H and O–H groups in total. The predicted molar refractivity (Wildman–Crippen MR) is 47.7 cm³/mol. The number of ether oxygens (including phenoxy) is 1. The molecule has 4 nitrogen and oxygen atoms in total. The fourth-order valence-electron chi connectivity index (χ4n) is 0.850. The Morgan fingerprint density at radius 1 is 1.40 bits per heavy atom. The molecule has 88 valence electrons. The number of carboxylic acids is 1. The van der Waals surface area contributed by atoms with Gasteiger partial charge in [-0.1, -0.05) is 6.92 Å². The van der Waals surface area contributed by atoms with E-state index in [4.69, 9.17) is 5.11 Å². The third kappa shape index (κ3) is 5.98. The first-order valence-corrected chi connectivity index (χ1v) is 4.67. The molecule has 0 unspecified atom stereocenters. The van der Waals surface area contributed by atoms with E-state index >= 15 is 0 Å². The van der Waals surface area contributed by atoms with Crippen molar-refractivity contribution in [2.75, 3.05) is 6.61 Å². The number of carbonyl (C=O) groups is 2. The summed E-state index contributed by atoms with van der Waals surface area (Å²) in [6, 6.07) is 0. The third-order valence-corrected chi connectivity index (χ3v) is 1.65. The molecule has 0 spiro atoms. The second kappa shape index (κ2) is 6.31. The van der Waals surface area contributed by atoms with Gasteiger partial charge in [-0.2, -0.15) is 8.78 Å². The van der Waals surface area contributed by atoms with Gasteiger partial charge in [0, 0.05) is 12.8 Å². The monoisotopic (exact) mass is 224 g/mol. The Morgan fingerprint density at radius 3 is 2.47 bits per heavy atom.